The first-order chi connectivity index (χ1) is 37.0. The van der Waals surface area contributed by atoms with E-state index in [1.165, 1.54) is 46.8 Å². The summed E-state index contributed by atoms with van der Waals surface area (Å²) in [6, 6.07) is 22.7. The second kappa shape index (κ2) is 24.0. The first-order valence-corrected chi connectivity index (χ1v) is 28.5. The average Bonchev–Trinajstić information content (AvgIpc) is 4.35. The van der Waals surface area contributed by atoms with E-state index in [0.29, 0.717) is 47.4 Å². The summed E-state index contributed by atoms with van der Waals surface area (Å²) in [5, 5.41) is 68.8. The molecule has 0 bridgehead atoms. The third-order valence-corrected chi connectivity index (χ3v) is 16.8. The number of rotatable bonds is 20. The third kappa shape index (κ3) is 12.2. The minimum absolute atomic E-state index is 0.0245. The van der Waals surface area contributed by atoms with Crippen LogP contribution in [0.25, 0.3) is 33.1 Å². The quantitative estimate of drug-likeness (QED) is 0.0513. The molecule has 7 aromatic rings. The zero-order valence-electron chi connectivity index (χ0n) is 42.6. The highest BCUT2D eigenvalue weighted by atomic mass is 32.2. The Kier molecular flexibility index (Phi) is 17.4. The number of aliphatic hydroxyl groups excluding tert-OH is 6. The van der Waals surface area contributed by atoms with Gasteiger partial charge in [0.05, 0.1) is 49.6 Å². The molecule has 3 fully saturated rings. The maximum Gasteiger partial charge on any atom is 0.240 e. The summed E-state index contributed by atoms with van der Waals surface area (Å²) >= 11 is 0. The Balaban J connectivity index is 0.000000189. The maximum absolute atomic E-state index is 12.9. The molecule has 4 aromatic heterocycles. The summed E-state index contributed by atoms with van der Waals surface area (Å²) in [5.74, 6) is 1.06. The van der Waals surface area contributed by atoms with Gasteiger partial charge in [-0.2, -0.15) is 0 Å². The van der Waals surface area contributed by atoms with E-state index < -0.39 is 82.3 Å². The van der Waals surface area contributed by atoms with Gasteiger partial charge in [-0.1, -0.05) is 73.5 Å². The lowest BCUT2D eigenvalue weighted by molar-refractivity contribution is -0.0511. The molecule has 25 nitrogen and oxygen atoms in total. The second-order valence-electron chi connectivity index (χ2n) is 19.4. The third-order valence-electron chi connectivity index (χ3n) is 14.1. The highest BCUT2D eigenvalue weighted by Crippen LogP contribution is 2.35. The molecule has 77 heavy (non-hydrogen) atoms. The van der Waals surface area contributed by atoms with Crippen molar-refractivity contribution in [2.75, 3.05) is 43.2 Å². The Morgan fingerprint density at radius 3 is 1.79 bits per heavy atom. The van der Waals surface area contributed by atoms with Crippen LogP contribution < -0.4 is 20.1 Å². The fraction of sp³-hybridized carbons (Fsp3) is 0.480. The number of hydrogen-bond donors (Lipinski definition) is 10. The van der Waals surface area contributed by atoms with Crippen LogP contribution in [0.2, 0.25) is 0 Å². The molecule has 0 amide bonds. The van der Waals surface area contributed by atoms with Gasteiger partial charge in [0.25, 0.3) is 0 Å². The van der Waals surface area contributed by atoms with Crippen LogP contribution in [0.15, 0.2) is 90.3 Å². The molecule has 3 aliphatic rings. The molecule has 27 heteroatoms. The summed E-state index contributed by atoms with van der Waals surface area (Å²) in [4.78, 5) is 29.1. The molecule has 2 aliphatic heterocycles. The first kappa shape index (κ1) is 55.8. The average molecular weight is 1100 g/mol. The molecule has 3 aromatic carbocycles. The topological polar surface area (TPSA) is 347 Å². The lowest BCUT2D eigenvalue weighted by atomic mass is 10.0. The van der Waals surface area contributed by atoms with Gasteiger partial charge < -0.3 is 50.7 Å². The highest BCUT2D eigenvalue weighted by molar-refractivity contribution is 7.89. The predicted molar refractivity (Wildman–Crippen MR) is 283 cm³/mol. The number of aromatic nitrogens is 8. The van der Waals surface area contributed by atoms with E-state index in [1.54, 1.807) is 25.2 Å². The van der Waals surface area contributed by atoms with Crippen molar-refractivity contribution in [2.24, 2.45) is 0 Å². The van der Waals surface area contributed by atoms with Gasteiger partial charge >= 0.3 is 0 Å². The Labute approximate surface area is 444 Å². The number of anilines is 2. The van der Waals surface area contributed by atoms with Crippen molar-refractivity contribution in [3.8, 4) is 0 Å². The van der Waals surface area contributed by atoms with Crippen molar-refractivity contribution in [3.05, 3.63) is 103 Å². The van der Waals surface area contributed by atoms with Crippen molar-refractivity contribution in [1.29, 1.82) is 0 Å². The molecular weight excluding hydrogens is 1040 g/mol. The SMILES string of the molecule is CNc1nc(CNS(=O)(=O)CCN(C(C)C)C2CCCC2)nc2c1ncn2[C@@H]1O[C@H](CO)[C@@H](O)[C@H]1O.O=S(=O)(NCc1nc(NCc2cccc3ccccc23)c2ncn([C@@H]3O[C@H](CO)[C@@H](O)[C@H]3O)c2n1)c1ccccc1. The number of imidazole rings is 2. The van der Waals surface area contributed by atoms with E-state index in [2.05, 4.69) is 68.7 Å². The van der Waals surface area contributed by atoms with Crippen LogP contribution in [0.5, 0.6) is 0 Å². The first-order valence-electron chi connectivity index (χ1n) is 25.4. The number of nitrogens with one attached hydrogen (secondary N) is 4. The van der Waals surface area contributed by atoms with Crippen LogP contribution >= 0.6 is 0 Å². The van der Waals surface area contributed by atoms with E-state index in [9.17, 15) is 47.5 Å². The summed E-state index contributed by atoms with van der Waals surface area (Å²) in [6.07, 6.45) is -1.91. The van der Waals surface area contributed by atoms with Crippen molar-refractivity contribution >= 4 is 64.8 Å². The molecule has 10 rings (SSSR count). The lowest BCUT2D eigenvalue weighted by Gasteiger charge is -2.32. The normalized spacial score (nSPS) is 23.2. The standard InChI is InChI=1S/C28H28N6O6S.C22H37N7O6S/c35-15-21-24(36)25(37)28(40-21)34-16-30-23-26(29-13-18-9-6-8-17-7-4-5-12-20(17)18)32-22(33-27(23)34)14-31-41(38,39)19-10-2-1-3-11-19;1-13(2)28(14-6-4-5-7-14)8-9-36(33,34)25-10-16-26-20(23-3)17-21(27-16)29(12-24-17)22-19(32)18(31)15(11-30)35-22/h1-12,16,21,24-25,28,31,35-37H,13-15H2,(H,29,32,33);12-15,18-19,22,25,30-32H,4-11H2,1-3H3,(H,23,26,27)/t21-,24-,25-,28-;15-,18-,19-,22-/m11/s1. The molecule has 1 saturated carbocycles. The number of aliphatic hydroxyl groups is 6. The van der Waals surface area contributed by atoms with Crippen LogP contribution in [0.3, 0.4) is 0 Å². The molecule has 2 saturated heterocycles. The molecule has 10 N–H and O–H groups in total. The van der Waals surface area contributed by atoms with E-state index in [1.807, 2.05) is 42.5 Å². The zero-order chi connectivity index (χ0) is 54.6. The van der Waals surface area contributed by atoms with Crippen molar-refractivity contribution in [1.82, 2.24) is 53.4 Å². The molecule has 8 atom stereocenters. The van der Waals surface area contributed by atoms with Gasteiger partial charge in [-0.25, -0.2) is 56.2 Å². The Morgan fingerprint density at radius 2 is 1.22 bits per heavy atom. The lowest BCUT2D eigenvalue weighted by Crippen LogP contribution is -2.43. The minimum Gasteiger partial charge on any atom is -0.394 e. The Bertz CT molecular complexity index is 3360. The molecule has 0 spiro atoms. The van der Waals surface area contributed by atoms with Crippen LogP contribution in [-0.4, -0.2) is 173 Å². The van der Waals surface area contributed by atoms with Crippen LogP contribution in [0.1, 0.15) is 69.2 Å². The molecular formula is C50H65N13O12S2. The van der Waals surface area contributed by atoms with Gasteiger partial charge in [0.15, 0.2) is 46.4 Å². The monoisotopic (exact) mass is 1100 g/mol. The number of ether oxygens (including phenoxy) is 2. The molecule has 0 radical (unpaired) electrons. The number of fused-ring (bicyclic) bond motifs is 3. The molecule has 414 valence electrons. The van der Waals surface area contributed by atoms with E-state index in [4.69, 9.17) is 9.47 Å². The maximum atomic E-state index is 12.9. The van der Waals surface area contributed by atoms with Gasteiger partial charge in [0.1, 0.15) is 48.3 Å². The van der Waals surface area contributed by atoms with Gasteiger partial charge in [-0.05, 0) is 55.2 Å². The van der Waals surface area contributed by atoms with Gasteiger partial charge in [-0.3, -0.25) is 14.0 Å². The number of benzene rings is 3. The van der Waals surface area contributed by atoms with E-state index in [0.717, 1.165) is 29.2 Å². The van der Waals surface area contributed by atoms with Crippen molar-refractivity contribution in [2.45, 2.75) is 125 Å². The zero-order valence-corrected chi connectivity index (χ0v) is 44.2. The Morgan fingerprint density at radius 1 is 0.675 bits per heavy atom. The smallest absolute Gasteiger partial charge is 0.240 e. The van der Waals surface area contributed by atoms with Crippen LogP contribution in [-0.2, 0) is 49.2 Å². The summed E-state index contributed by atoms with van der Waals surface area (Å²) in [6.45, 7) is 3.74. The van der Waals surface area contributed by atoms with Gasteiger partial charge in [0, 0.05) is 32.2 Å². The van der Waals surface area contributed by atoms with Gasteiger partial charge in [0.2, 0.25) is 20.0 Å². The number of sulfonamides is 2. The Hall–Kier alpha value is -5.92. The summed E-state index contributed by atoms with van der Waals surface area (Å²) in [7, 11) is -5.77. The fourth-order valence-corrected chi connectivity index (χ4v) is 12.0. The van der Waals surface area contributed by atoms with Crippen LogP contribution in [0.4, 0.5) is 11.6 Å². The van der Waals surface area contributed by atoms with Crippen molar-refractivity contribution in [3.63, 3.8) is 0 Å². The minimum atomic E-state index is -3.84. The number of nitrogens with zero attached hydrogens (tertiary/aromatic N) is 9. The largest absolute Gasteiger partial charge is 0.394 e. The van der Waals surface area contributed by atoms with Crippen molar-refractivity contribution < 1.29 is 56.9 Å². The molecule has 1 aliphatic carbocycles. The summed E-state index contributed by atoms with van der Waals surface area (Å²) < 4.78 is 70.7. The van der Waals surface area contributed by atoms with Gasteiger partial charge in [-0.15, -0.1) is 0 Å². The fourth-order valence-electron chi connectivity index (χ4n) is 10.0. The second-order valence-corrected chi connectivity index (χ2v) is 23.1. The summed E-state index contributed by atoms with van der Waals surface area (Å²) in [5.41, 5.74) is 2.32. The highest BCUT2D eigenvalue weighted by Gasteiger charge is 2.45. The van der Waals surface area contributed by atoms with E-state index in [-0.39, 0.29) is 47.1 Å². The molecule has 6 heterocycles. The van der Waals surface area contributed by atoms with E-state index >= 15 is 0 Å². The predicted octanol–water partition coefficient (Wildman–Crippen LogP) is 1.23. The number of hydrogen-bond acceptors (Lipinski definition) is 21. The van der Waals surface area contributed by atoms with Crippen LogP contribution in [0, 0.1) is 0 Å². The molecule has 0 unspecified atom stereocenters.